The van der Waals surface area contributed by atoms with Crippen molar-refractivity contribution < 1.29 is 9.13 Å². The molecule has 0 saturated carbocycles. The van der Waals surface area contributed by atoms with Gasteiger partial charge in [0.2, 0.25) is 0 Å². The van der Waals surface area contributed by atoms with Gasteiger partial charge in [-0.3, -0.25) is 0 Å². The number of ether oxygens (including phenoxy) is 1. The summed E-state index contributed by atoms with van der Waals surface area (Å²) in [6.07, 6.45) is -0.119. The van der Waals surface area contributed by atoms with Crippen molar-refractivity contribution in [2.24, 2.45) is 4.99 Å². The molecule has 7 heteroatoms. The van der Waals surface area contributed by atoms with Crippen LogP contribution in [0.4, 0.5) is 4.39 Å². The highest BCUT2D eigenvalue weighted by molar-refractivity contribution is 14.0. The van der Waals surface area contributed by atoms with Crippen LogP contribution in [0.2, 0.25) is 0 Å². The molecule has 5 nitrogen and oxygen atoms in total. The molecule has 1 unspecified atom stereocenters. The van der Waals surface area contributed by atoms with Crippen LogP contribution in [0.5, 0.6) is 5.75 Å². The van der Waals surface area contributed by atoms with E-state index in [9.17, 15) is 4.39 Å². The van der Waals surface area contributed by atoms with Crippen molar-refractivity contribution in [2.45, 2.75) is 26.5 Å². The first-order valence-electron chi connectivity index (χ1n) is 8.54. The van der Waals surface area contributed by atoms with E-state index in [-0.39, 0.29) is 35.9 Å². The second-order valence-electron chi connectivity index (χ2n) is 5.77. The Morgan fingerprint density at radius 2 is 1.96 bits per heavy atom. The van der Waals surface area contributed by atoms with E-state index in [4.69, 9.17) is 10.00 Å². The third-order valence-electron chi connectivity index (χ3n) is 3.53. The molecule has 0 aliphatic carbocycles. The summed E-state index contributed by atoms with van der Waals surface area (Å²) in [5.74, 6) is 1.01. The van der Waals surface area contributed by atoms with E-state index < -0.39 is 0 Å². The maximum Gasteiger partial charge on any atom is 0.191 e. The van der Waals surface area contributed by atoms with Crippen LogP contribution >= 0.6 is 24.0 Å². The molecule has 0 heterocycles. The van der Waals surface area contributed by atoms with Gasteiger partial charge in [0.25, 0.3) is 0 Å². The Hall–Kier alpha value is -2.34. The highest BCUT2D eigenvalue weighted by Gasteiger charge is 2.06. The molecule has 0 fully saturated rings. The summed E-state index contributed by atoms with van der Waals surface area (Å²) in [7, 11) is 0. The lowest BCUT2D eigenvalue weighted by atomic mass is 10.1. The standard InChI is InChI=1S/C20H23FN4O.HI/c1-3-23-20(25-14-17-6-4-5-16(11-17)12-22)24-13-15(2)26-19-9-7-18(21)8-10-19;/h4-11,15H,3,13-14H2,1-2H3,(H2,23,24,25);1H. The fraction of sp³-hybridized carbons (Fsp3) is 0.300. The van der Waals surface area contributed by atoms with Gasteiger partial charge in [0.15, 0.2) is 5.96 Å². The van der Waals surface area contributed by atoms with Gasteiger partial charge >= 0.3 is 0 Å². The highest BCUT2D eigenvalue weighted by atomic mass is 127. The van der Waals surface area contributed by atoms with Crippen LogP contribution in [0.25, 0.3) is 0 Å². The molecule has 0 bridgehead atoms. The SMILES string of the molecule is CCNC(=NCc1cccc(C#N)c1)NCC(C)Oc1ccc(F)cc1.I. The van der Waals surface area contributed by atoms with Gasteiger partial charge in [-0.05, 0) is 55.8 Å². The lowest BCUT2D eigenvalue weighted by Crippen LogP contribution is -2.41. The van der Waals surface area contributed by atoms with Crippen LogP contribution in [0.3, 0.4) is 0 Å². The number of aliphatic imine (C=N–C) groups is 1. The summed E-state index contributed by atoms with van der Waals surface area (Å²) in [6, 6.07) is 15.5. The van der Waals surface area contributed by atoms with Gasteiger partial charge in [-0.2, -0.15) is 5.26 Å². The minimum Gasteiger partial charge on any atom is -0.489 e. The monoisotopic (exact) mass is 482 g/mol. The van der Waals surface area contributed by atoms with Crippen molar-refractivity contribution in [1.82, 2.24) is 10.6 Å². The predicted octanol–water partition coefficient (Wildman–Crippen LogP) is 3.84. The van der Waals surface area contributed by atoms with Crippen LogP contribution < -0.4 is 15.4 Å². The van der Waals surface area contributed by atoms with Crippen molar-refractivity contribution >= 4 is 29.9 Å². The lowest BCUT2D eigenvalue weighted by Gasteiger charge is -2.17. The summed E-state index contributed by atoms with van der Waals surface area (Å²) < 4.78 is 18.7. The Balaban J connectivity index is 0.00000364. The van der Waals surface area contributed by atoms with Crippen LogP contribution in [-0.4, -0.2) is 25.2 Å². The molecule has 0 saturated heterocycles. The maximum atomic E-state index is 12.9. The van der Waals surface area contributed by atoms with E-state index in [1.54, 1.807) is 18.2 Å². The number of nitrogens with one attached hydrogen (secondary N) is 2. The fourth-order valence-electron chi connectivity index (χ4n) is 2.28. The number of nitriles is 1. The molecule has 144 valence electrons. The first-order chi connectivity index (χ1) is 12.6. The average molecular weight is 482 g/mol. The number of hydrogen-bond donors (Lipinski definition) is 2. The molecule has 2 rings (SSSR count). The molecule has 0 aliphatic heterocycles. The molecular weight excluding hydrogens is 458 g/mol. The Morgan fingerprint density at radius 1 is 1.22 bits per heavy atom. The lowest BCUT2D eigenvalue weighted by molar-refractivity contribution is 0.223. The van der Waals surface area contributed by atoms with Gasteiger partial charge in [-0.25, -0.2) is 9.38 Å². The molecule has 2 N–H and O–H groups in total. The normalized spacial score (nSPS) is 11.7. The highest BCUT2D eigenvalue weighted by Crippen LogP contribution is 2.12. The minimum atomic E-state index is -0.287. The van der Waals surface area contributed by atoms with E-state index in [0.717, 1.165) is 12.1 Å². The summed E-state index contributed by atoms with van der Waals surface area (Å²) in [5, 5.41) is 15.4. The zero-order valence-corrected chi connectivity index (χ0v) is 17.7. The smallest absolute Gasteiger partial charge is 0.191 e. The van der Waals surface area contributed by atoms with E-state index in [2.05, 4.69) is 21.7 Å². The van der Waals surface area contributed by atoms with Crippen molar-refractivity contribution in [1.29, 1.82) is 5.26 Å². The first-order valence-corrected chi connectivity index (χ1v) is 8.54. The second kappa shape index (κ2) is 12.1. The first kappa shape index (κ1) is 22.7. The molecule has 2 aromatic rings. The molecular formula is C20H24FIN4O. The fourth-order valence-corrected chi connectivity index (χ4v) is 2.28. The summed E-state index contributed by atoms with van der Waals surface area (Å²) >= 11 is 0. The molecule has 0 amide bonds. The number of benzene rings is 2. The zero-order valence-electron chi connectivity index (χ0n) is 15.4. The van der Waals surface area contributed by atoms with E-state index >= 15 is 0 Å². The number of guanidine groups is 1. The van der Waals surface area contributed by atoms with E-state index in [1.807, 2.05) is 32.0 Å². The van der Waals surface area contributed by atoms with Gasteiger partial charge in [0.05, 0.1) is 24.7 Å². The van der Waals surface area contributed by atoms with E-state index in [0.29, 0.717) is 30.4 Å². The van der Waals surface area contributed by atoms with Gasteiger partial charge < -0.3 is 15.4 Å². The quantitative estimate of drug-likeness (QED) is 0.358. The van der Waals surface area contributed by atoms with Crippen LogP contribution in [-0.2, 0) is 6.54 Å². The van der Waals surface area contributed by atoms with Crippen LogP contribution in [0.1, 0.15) is 25.0 Å². The average Bonchev–Trinajstić information content (AvgIpc) is 2.66. The van der Waals surface area contributed by atoms with Gasteiger partial charge in [0, 0.05) is 6.54 Å². The Bertz CT molecular complexity index is 774. The number of rotatable bonds is 7. The maximum absolute atomic E-state index is 12.9. The minimum absolute atomic E-state index is 0. The summed E-state index contributed by atoms with van der Waals surface area (Å²) in [4.78, 5) is 4.53. The number of hydrogen-bond acceptors (Lipinski definition) is 3. The molecule has 1 atom stereocenters. The topological polar surface area (TPSA) is 69.4 Å². The van der Waals surface area contributed by atoms with Crippen molar-refractivity contribution in [3.63, 3.8) is 0 Å². The van der Waals surface area contributed by atoms with Crippen molar-refractivity contribution in [3.8, 4) is 11.8 Å². The van der Waals surface area contributed by atoms with Crippen LogP contribution in [0.15, 0.2) is 53.5 Å². The van der Waals surface area contributed by atoms with Crippen molar-refractivity contribution in [3.05, 3.63) is 65.5 Å². The number of nitrogens with zero attached hydrogens (tertiary/aromatic N) is 2. The Labute approximate surface area is 176 Å². The van der Waals surface area contributed by atoms with E-state index in [1.165, 1.54) is 12.1 Å². The molecule has 27 heavy (non-hydrogen) atoms. The Kier molecular flexibility index (Phi) is 10.2. The van der Waals surface area contributed by atoms with Crippen molar-refractivity contribution in [2.75, 3.05) is 13.1 Å². The second-order valence-corrected chi connectivity index (χ2v) is 5.77. The molecule has 0 radical (unpaired) electrons. The molecule has 2 aromatic carbocycles. The van der Waals surface area contributed by atoms with Gasteiger partial charge in [-0.15, -0.1) is 24.0 Å². The molecule has 0 aromatic heterocycles. The largest absolute Gasteiger partial charge is 0.489 e. The predicted molar refractivity (Wildman–Crippen MR) is 116 cm³/mol. The third kappa shape index (κ3) is 8.26. The number of halogens is 2. The molecule has 0 spiro atoms. The summed E-state index contributed by atoms with van der Waals surface area (Å²) in [5.41, 5.74) is 1.59. The van der Waals surface area contributed by atoms with Gasteiger partial charge in [-0.1, -0.05) is 12.1 Å². The molecule has 0 aliphatic rings. The summed E-state index contributed by atoms with van der Waals surface area (Å²) in [6.45, 7) is 5.67. The zero-order chi connectivity index (χ0) is 18.8. The van der Waals surface area contributed by atoms with Crippen LogP contribution in [0, 0.1) is 17.1 Å². The van der Waals surface area contributed by atoms with Gasteiger partial charge in [0.1, 0.15) is 17.7 Å². The third-order valence-corrected chi connectivity index (χ3v) is 3.53. The Morgan fingerprint density at radius 3 is 2.63 bits per heavy atom.